The number of rotatable bonds is 4. The van der Waals surface area contributed by atoms with Gasteiger partial charge in [0.2, 0.25) is 11.8 Å². The van der Waals surface area contributed by atoms with Crippen LogP contribution in [0.5, 0.6) is 5.88 Å². The number of alkyl halides is 1. The molecule has 1 aromatic carbocycles. The summed E-state index contributed by atoms with van der Waals surface area (Å²) in [6.07, 6.45) is 4.91. The molecule has 0 spiro atoms. The SMILES string of the molecule is COc1nc(N[C@H]2CCN(C)C[C@H]2F)nn2ccc(-c3ccc4nccnc4c3)c12. The summed E-state index contributed by atoms with van der Waals surface area (Å²) in [4.78, 5) is 15.2. The van der Waals surface area contributed by atoms with Gasteiger partial charge in [0.25, 0.3) is 0 Å². The molecule has 8 nitrogen and oxygen atoms in total. The first-order chi connectivity index (χ1) is 14.6. The average Bonchev–Trinajstić information content (AvgIpc) is 3.19. The number of hydrogen-bond donors (Lipinski definition) is 1. The minimum atomic E-state index is -0.979. The van der Waals surface area contributed by atoms with Crippen molar-refractivity contribution in [1.29, 1.82) is 0 Å². The molecule has 1 N–H and O–H groups in total. The summed E-state index contributed by atoms with van der Waals surface area (Å²) < 4.78 is 21.7. The van der Waals surface area contributed by atoms with Gasteiger partial charge in [-0.15, -0.1) is 5.10 Å². The molecule has 0 unspecified atom stereocenters. The third-order valence-corrected chi connectivity index (χ3v) is 5.51. The summed E-state index contributed by atoms with van der Waals surface area (Å²) in [5.41, 5.74) is 4.27. The van der Waals surface area contributed by atoms with Crippen molar-refractivity contribution in [2.24, 2.45) is 0 Å². The number of halogens is 1. The maximum absolute atomic E-state index is 14.4. The Labute approximate surface area is 172 Å². The molecule has 0 bridgehead atoms. The molecule has 5 rings (SSSR count). The maximum atomic E-state index is 14.4. The van der Waals surface area contributed by atoms with E-state index < -0.39 is 6.17 Å². The largest absolute Gasteiger partial charge is 0.479 e. The number of likely N-dealkylation sites (tertiary alicyclic amines) is 1. The Kier molecular flexibility index (Phi) is 4.66. The first kappa shape index (κ1) is 18.7. The van der Waals surface area contributed by atoms with Crippen molar-refractivity contribution in [3.8, 4) is 17.0 Å². The van der Waals surface area contributed by atoms with E-state index in [0.717, 1.165) is 34.2 Å². The maximum Gasteiger partial charge on any atom is 0.244 e. The van der Waals surface area contributed by atoms with Crippen molar-refractivity contribution in [3.63, 3.8) is 0 Å². The zero-order valence-electron chi connectivity index (χ0n) is 16.8. The molecule has 3 aromatic heterocycles. The summed E-state index contributed by atoms with van der Waals surface area (Å²) >= 11 is 0. The van der Waals surface area contributed by atoms with Gasteiger partial charge in [-0.1, -0.05) is 6.07 Å². The summed E-state index contributed by atoms with van der Waals surface area (Å²) in [7, 11) is 3.50. The summed E-state index contributed by atoms with van der Waals surface area (Å²) in [6, 6.07) is 7.55. The zero-order chi connectivity index (χ0) is 20.7. The van der Waals surface area contributed by atoms with Crippen LogP contribution in [0.4, 0.5) is 10.3 Å². The Morgan fingerprint density at radius 1 is 1.17 bits per heavy atom. The topological polar surface area (TPSA) is 80.5 Å². The Morgan fingerprint density at radius 2 is 2.00 bits per heavy atom. The number of aromatic nitrogens is 5. The minimum absolute atomic E-state index is 0.322. The number of benzene rings is 1. The summed E-state index contributed by atoms with van der Waals surface area (Å²) in [5, 5.41) is 7.69. The quantitative estimate of drug-likeness (QED) is 0.557. The van der Waals surface area contributed by atoms with Crippen LogP contribution in [-0.4, -0.2) is 68.9 Å². The molecular formula is C21H22FN7O. The number of nitrogens with zero attached hydrogens (tertiary/aromatic N) is 6. The molecule has 1 aliphatic rings. The molecule has 1 aliphatic heterocycles. The molecule has 4 aromatic rings. The Morgan fingerprint density at radius 3 is 2.80 bits per heavy atom. The van der Waals surface area contributed by atoms with Crippen LogP contribution in [0.15, 0.2) is 42.9 Å². The van der Waals surface area contributed by atoms with Crippen LogP contribution < -0.4 is 10.1 Å². The highest BCUT2D eigenvalue weighted by molar-refractivity contribution is 5.89. The van der Waals surface area contributed by atoms with Gasteiger partial charge in [-0.2, -0.15) is 4.98 Å². The second-order valence-corrected chi connectivity index (χ2v) is 7.54. The summed E-state index contributed by atoms with van der Waals surface area (Å²) in [6.45, 7) is 1.23. The third kappa shape index (κ3) is 3.30. The van der Waals surface area contributed by atoms with E-state index in [9.17, 15) is 4.39 Å². The van der Waals surface area contributed by atoms with E-state index in [1.807, 2.05) is 42.4 Å². The Bertz CT molecular complexity index is 1210. The number of fused-ring (bicyclic) bond motifs is 2. The molecule has 0 saturated carbocycles. The van der Waals surface area contributed by atoms with Crippen LogP contribution in [0.2, 0.25) is 0 Å². The molecule has 154 valence electrons. The van der Waals surface area contributed by atoms with Gasteiger partial charge in [0.15, 0.2) is 0 Å². The molecular weight excluding hydrogens is 385 g/mol. The summed E-state index contributed by atoms with van der Waals surface area (Å²) in [5.74, 6) is 0.776. The van der Waals surface area contributed by atoms with Crippen molar-refractivity contribution >= 4 is 22.5 Å². The van der Waals surface area contributed by atoms with E-state index in [1.165, 1.54) is 0 Å². The lowest BCUT2D eigenvalue weighted by Gasteiger charge is -2.32. The van der Waals surface area contributed by atoms with Crippen LogP contribution in [0.3, 0.4) is 0 Å². The first-order valence-electron chi connectivity index (χ1n) is 9.86. The second kappa shape index (κ2) is 7.49. The van der Waals surface area contributed by atoms with Crippen molar-refractivity contribution in [2.75, 3.05) is 32.6 Å². The highest BCUT2D eigenvalue weighted by Gasteiger charge is 2.28. The van der Waals surface area contributed by atoms with E-state index >= 15 is 0 Å². The lowest BCUT2D eigenvalue weighted by molar-refractivity contribution is 0.149. The number of ether oxygens (including phenoxy) is 1. The van der Waals surface area contributed by atoms with Crippen molar-refractivity contribution in [3.05, 3.63) is 42.9 Å². The number of hydrogen-bond acceptors (Lipinski definition) is 7. The molecule has 30 heavy (non-hydrogen) atoms. The predicted octanol–water partition coefficient (Wildman–Crippen LogP) is 2.80. The van der Waals surface area contributed by atoms with Crippen LogP contribution in [-0.2, 0) is 0 Å². The van der Waals surface area contributed by atoms with Crippen LogP contribution >= 0.6 is 0 Å². The second-order valence-electron chi connectivity index (χ2n) is 7.54. The molecule has 0 amide bonds. The van der Waals surface area contributed by atoms with Crippen molar-refractivity contribution < 1.29 is 9.13 Å². The molecule has 0 aliphatic carbocycles. The molecule has 0 radical (unpaired) electrons. The zero-order valence-corrected chi connectivity index (χ0v) is 16.8. The standard InChI is InChI=1S/C21H22FN7O/c1-28-9-6-16(15(22)12-28)25-21-26-20(30-2)19-14(5-10-29(19)27-21)13-3-4-17-18(11-13)24-8-7-23-17/h3-5,7-8,10-11,15-16H,6,9,12H2,1-2H3,(H,25,27)/t15-,16+/m1/s1. The molecule has 2 atom stereocenters. The number of anilines is 1. The van der Waals surface area contributed by atoms with E-state index in [0.29, 0.717) is 24.8 Å². The van der Waals surface area contributed by atoms with E-state index in [4.69, 9.17) is 4.74 Å². The van der Waals surface area contributed by atoms with Gasteiger partial charge in [-0.3, -0.25) is 9.97 Å². The molecule has 1 fully saturated rings. The fourth-order valence-corrected chi connectivity index (χ4v) is 3.94. The van der Waals surface area contributed by atoms with Gasteiger partial charge in [0, 0.05) is 37.2 Å². The molecule has 1 saturated heterocycles. The lowest BCUT2D eigenvalue weighted by Crippen LogP contribution is -2.46. The number of nitrogens with one attached hydrogen (secondary N) is 1. The Hall–Kier alpha value is -3.33. The minimum Gasteiger partial charge on any atom is -0.479 e. The van der Waals surface area contributed by atoms with Crippen LogP contribution in [0.25, 0.3) is 27.7 Å². The third-order valence-electron chi connectivity index (χ3n) is 5.51. The number of piperidine rings is 1. The fourth-order valence-electron chi connectivity index (χ4n) is 3.94. The predicted molar refractivity (Wildman–Crippen MR) is 112 cm³/mol. The monoisotopic (exact) mass is 407 g/mol. The highest BCUT2D eigenvalue weighted by Crippen LogP contribution is 2.32. The average molecular weight is 407 g/mol. The first-order valence-corrected chi connectivity index (χ1v) is 9.86. The molecule has 4 heterocycles. The van der Waals surface area contributed by atoms with E-state index in [1.54, 1.807) is 24.0 Å². The van der Waals surface area contributed by atoms with Gasteiger partial charge >= 0.3 is 0 Å². The van der Waals surface area contributed by atoms with Crippen molar-refractivity contribution in [1.82, 2.24) is 29.5 Å². The van der Waals surface area contributed by atoms with Crippen LogP contribution in [0.1, 0.15) is 6.42 Å². The van der Waals surface area contributed by atoms with Gasteiger partial charge in [-0.05, 0) is 37.2 Å². The normalized spacial score (nSPS) is 20.0. The number of methoxy groups -OCH3 is 1. The fraction of sp³-hybridized carbons (Fsp3) is 0.333. The smallest absolute Gasteiger partial charge is 0.244 e. The van der Waals surface area contributed by atoms with E-state index in [-0.39, 0.29) is 6.04 Å². The lowest BCUT2D eigenvalue weighted by atomic mass is 10.0. The highest BCUT2D eigenvalue weighted by atomic mass is 19.1. The van der Waals surface area contributed by atoms with Gasteiger partial charge in [0.1, 0.15) is 11.7 Å². The van der Waals surface area contributed by atoms with Crippen molar-refractivity contribution in [2.45, 2.75) is 18.6 Å². The Balaban J connectivity index is 1.52. The van der Waals surface area contributed by atoms with E-state index in [2.05, 4.69) is 25.4 Å². The van der Waals surface area contributed by atoms with Gasteiger partial charge in [-0.25, -0.2) is 8.91 Å². The van der Waals surface area contributed by atoms with Gasteiger partial charge < -0.3 is 15.0 Å². The molecule has 9 heteroatoms. The van der Waals surface area contributed by atoms with Gasteiger partial charge in [0.05, 0.1) is 24.2 Å². The van der Waals surface area contributed by atoms with Crippen LogP contribution in [0, 0.1) is 0 Å².